The second-order valence-electron chi connectivity index (χ2n) is 7.65. The quantitative estimate of drug-likeness (QED) is 0.326. The third kappa shape index (κ3) is 6.30. The fourth-order valence-corrected chi connectivity index (χ4v) is 4.86. The van der Waals surface area contributed by atoms with Crippen molar-refractivity contribution < 1.29 is 13.4 Å². The molecule has 190 valence electrons. The van der Waals surface area contributed by atoms with Gasteiger partial charge in [-0.1, -0.05) is 60.1 Å². The van der Waals surface area contributed by atoms with Crippen LogP contribution in [0.25, 0.3) is 22.3 Å². The van der Waals surface area contributed by atoms with Crippen molar-refractivity contribution in [3.8, 4) is 11.4 Å². The Kier molecular flexibility index (Phi) is 13.8. The minimum atomic E-state index is 0.207. The van der Waals surface area contributed by atoms with Gasteiger partial charge in [-0.15, -0.1) is 3.89 Å². The summed E-state index contributed by atoms with van der Waals surface area (Å²) in [7, 11) is 3.25. The first-order valence-electron chi connectivity index (χ1n) is 12.5. The van der Waals surface area contributed by atoms with Crippen LogP contribution in [0.1, 0.15) is 94.8 Å². The Morgan fingerprint density at radius 2 is 1.85 bits per heavy atom. The molecule has 0 amide bonds. The molecular weight excluding hydrogens is 449 g/mol. The third-order valence-corrected chi connectivity index (χ3v) is 6.13. The Bertz CT molecular complexity index is 1010. The summed E-state index contributed by atoms with van der Waals surface area (Å²) in [4.78, 5) is 15.9. The predicted molar refractivity (Wildman–Crippen MR) is 145 cm³/mol. The summed E-state index contributed by atoms with van der Waals surface area (Å²) >= 11 is 0.207. The van der Waals surface area contributed by atoms with Gasteiger partial charge in [-0.3, -0.25) is 4.79 Å². The van der Waals surface area contributed by atoms with Crippen LogP contribution in [-0.2, 0) is 17.7 Å². The molecular formula is C27H42FN3O2S. The number of hydrogen-bond donors (Lipinski definition) is 0. The molecule has 2 aromatic heterocycles. The van der Waals surface area contributed by atoms with Crippen molar-refractivity contribution >= 4 is 29.5 Å². The second-order valence-corrected chi connectivity index (χ2v) is 8.18. The monoisotopic (exact) mass is 491 g/mol. The lowest BCUT2D eigenvalue weighted by molar-refractivity contribution is 0.112. The summed E-state index contributed by atoms with van der Waals surface area (Å²) in [6, 6.07) is 5.93. The molecule has 0 bridgehead atoms. The molecule has 4 rings (SSSR count). The number of fused-ring (bicyclic) bond motifs is 5. The summed E-state index contributed by atoms with van der Waals surface area (Å²) in [5, 5.41) is 1.18. The highest BCUT2D eigenvalue weighted by atomic mass is 32.2. The topological polar surface area (TPSA) is 49.0 Å². The average molecular weight is 492 g/mol. The van der Waals surface area contributed by atoms with Crippen molar-refractivity contribution in [2.45, 2.75) is 86.1 Å². The van der Waals surface area contributed by atoms with Gasteiger partial charge >= 0.3 is 0 Å². The number of nitrogens with zero attached hydrogens (tertiary/aromatic N) is 3. The van der Waals surface area contributed by atoms with Crippen molar-refractivity contribution in [3.63, 3.8) is 0 Å². The molecule has 7 heteroatoms. The van der Waals surface area contributed by atoms with Gasteiger partial charge in [0.05, 0.1) is 11.4 Å². The molecule has 0 radical (unpaired) electrons. The summed E-state index contributed by atoms with van der Waals surface area (Å²) in [6.07, 6.45) is 7.49. The number of aryl methyl sites for hydroxylation is 2. The van der Waals surface area contributed by atoms with Gasteiger partial charge in [0.15, 0.2) is 12.3 Å². The number of rotatable bonds is 6. The van der Waals surface area contributed by atoms with Gasteiger partial charge in [-0.25, -0.2) is 8.96 Å². The zero-order valence-corrected chi connectivity index (χ0v) is 23.0. The third-order valence-electron chi connectivity index (χ3n) is 5.71. The van der Waals surface area contributed by atoms with Crippen LogP contribution in [0.5, 0.6) is 0 Å². The Balaban J connectivity index is 0.000000750. The normalized spacial score (nSPS) is 12.5. The summed E-state index contributed by atoms with van der Waals surface area (Å²) in [5.41, 5.74) is 5.96. The maximum Gasteiger partial charge on any atom is 0.171 e. The first-order valence-corrected chi connectivity index (χ1v) is 13.2. The Labute approximate surface area is 209 Å². The number of aldehydes is 1. The number of aromatic nitrogens is 3. The molecule has 1 aromatic carbocycles. The standard InChI is InChI=1S/C21H24FN3OS.C2H6O.2C2H6/c1-3-6-15(4-2)19-16-9-8-14(12-26)11-18(16)24-10-5-7-17-20(21(19)24)25(27-22)13-23-17;1-3-2;2*1-2/h8-9,11-13,15H,3-7,10H2,1-2H3;1-2H3;2*1-2H3. The van der Waals surface area contributed by atoms with Crippen LogP contribution in [0.15, 0.2) is 24.5 Å². The van der Waals surface area contributed by atoms with E-state index in [1.165, 1.54) is 10.9 Å². The van der Waals surface area contributed by atoms with E-state index in [1.807, 2.05) is 39.8 Å². The molecule has 1 aliphatic rings. The van der Waals surface area contributed by atoms with Crippen LogP contribution in [0.4, 0.5) is 3.89 Å². The van der Waals surface area contributed by atoms with Crippen molar-refractivity contribution in [1.29, 1.82) is 0 Å². The lowest BCUT2D eigenvalue weighted by atomic mass is 9.88. The first-order chi connectivity index (χ1) is 16.6. The highest BCUT2D eigenvalue weighted by Crippen LogP contribution is 2.44. The molecule has 0 fully saturated rings. The number of benzene rings is 1. The van der Waals surface area contributed by atoms with Crippen LogP contribution in [0.3, 0.4) is 0 Å². The Morgan fingerprint density at radius 3 is 2.41 bits per heavy atom. The van der Waals surface area contributed by atoms with Gasteiger partial charge in [0.1, 0.15) is 18.3 Å². The minimum Gasteiger partial charge on any atom is -0.388 e. The average Bonchev–Trinajstić information content (AvgIpc) is 3.37. The predicted octanol–water partition coefficient (Wildman–Crippen LogP) is 8.25. The van der Waals surface area contributed by atoms with Crippen molar-refractivity contribution in [1.82, 2.24) is 13.5 Å². The summed E-state index contributed by atoms with van der Waals surface area (Å²) < 4.78 is 21.8. The van der Waals surface area contributed by atoms with Gasteiger partial charge < -0.3 is 9.30 Å². The molecule has 1 aliphatic heterocycles. The molecule has 3 aromatic rings. The van der Waals surface area contributed by atoms with Gasteiger partial charge in [-0.05, 0) is 43.2 Å². The highest BCUT2D eigenvalue weighted by Gasteiger charge is 2.29. The first kappa shape index (κ1) is 29.9. The van der Waals surface area contributed by atoms with Gasteiger partial charge in [0, 0.05) is 37.2 Å². The smallest absolute Gasteiger partial charge is 0.171 e. The van der Waals surface area contributed by atoms with Crippen LogP contribution in [0.2, 0.25) is 0 Å². The van der Waals surface area contributed by atoms with Crippen LogP contribution in [0, 0.1) is 0 Å². The van der Waals surface area contributed by atoms with E-state index in [9.17, 15) is 8.68 Å². The van der Waals surface area contributed by atoms with E-state index in [1.54, 1.807) is 24.5 Å². The fraction of sp³-hybridized carbons (Fsp3) is 0.556. The van der Waals surface area contributed by atoms with Crippen molar-refractivity contribution in [2.75, 3.05) is 14.2 Å². The fourth-order valence-electron chi connectivity index (χ4n) is 4.52. The lowest BCUT2D eigenvalue weighted by Gasteiger charge is -2.17. The second kappa shape index (κ2) is 15.7. The molecule has 3 heterocycles. The minimum absolute atomic E-state index is 0.207. The molecule has 1 atom stereocenters. The van der Waals surface area contributed by atoms with E-state index in [-0.39, 0.29) is 12.3 Å². The maximum absolute atomic E-state index is 13.7. The van der Waals surface area contributed by atoms with Crippen LogP contribution in [-0.4, -0.2) is 34.0 Å². The number of carbonyl (C=O) groups is 1. The summed E-state index contributed by atoms with van der Waals surface area (Å²) in [6.45, 7) is 13.3. The number of ether oxygens (including phenoxy) is 1. The molecule has 0 spiro atoms. The Morgan fingerprint density at radius 1 is 1.18 bits per heavy atom. The van der Waals surface area contributed by atoms with E-state index in [2.05, 4.69) is 34.2 Å². The van der Waals surface area contributed by atoms with Crippen LogP contribution < -0.4 is 0 Å². The molecule has 34 heavy (non-hydrogen) atoms. The molecule has 0 N–H and O–H groups in total. The molecule has 5 nitrogen and oxygen atoms in total. The van der Waals surface area contributed by atoms with E-state index >= 15 is 0 Å². The largest absolute Gasteiger partial charge is 0.388 e. The number of imidazole rings is 1. The van der Waals surface area contributed by atoms with Crippen molar-refractivity contribution in [2.24, 2.45) is 0 Å². The molecule has 0 saturated carbocycles. The zero-order chi connectivity index (χ0) is 25.7. The highest BCUT2D eigenvalue weighted by molar-refractivity contribution is 7.92. The van der Waals surface area contributed by atoms with Gasteiger partial charge in [0.25, 0.3) is 0 Å². The number of carbonyl (C=O) groups excluding carboxylic acids is 1. The molecule has 1 unspecified atom stereocenters. The van der Waals surface area contributed by atoms with Gasteiger partial charge in [-0.2, -0.15) is 0 Å². The Hall–Kier alpha value is -2.12. The summed E-state index contributed by atoms with van der Waals surface area (Å²) in [5.74, 6) is 0.398. The van der Waals surface area contributed by atoms with Gasteiger partial charge in [0.2, 0.25) is 0 Å². The van der Waals surface area contributed by atoms with Crippen molar-refractivity contribution in [3.05, 3.63) is 41.3 Å². The number of halogens is 1. The van der Waals surface area contributed by atoms with E-state index in [0.717, 1.165) is 67.5 Å². The molecule has 0 saturated heterocycles. The van der Waals surface area contributed by atoms with Crippen LogP contribution >= 0.6 is 12.3 Å². The SMILES string of the molecule is CC.CC.CCCC(CC)c1c2n(c3cc(C=O)ccc13)CCCc1ncn(SF)c1-2.COC. The van der Waals surface area contributed by atoms with E-state index in [4.69, 9.17) is 0 Å². The maximum atomic E-state index is 13.7. The molecule has 0 aliphatic carbocycles. The van der Waals surface area contributed by atoms with E-state index in [0.29, 0.717) is 11.5 Å². The zero-order valence-electron chi connectivity index (χ0n) is 22.2. The number of methoxy groups -OCH3 is 1. The number of hydrogen-bond acceptors (Lipinski definition) is 4. The van der Waals surface area contributed by atoms with E-state index < -0.39 is 0 Å². The lowest BCUT2D eigenvalue weighted by Crippen LogP contribution is -2.04.